The Hall–Kier alpha value is -2.49. The number of para-hydroxylation sites is 1. The van der Waals surface area contributed by atoms with Crippen molar-refractivity contribution in [1.29, 1.82) is 0 Å². The van der Waals surface area contributed by atoms with Gasteiger partial charge in [-0.1, -0.05) is 29.4 Å². The molecule has 0 heterocycles. The molecule has 20 heavy (non-hydrogen) atoms. The zero-order valence-electron chi connectivity index (χ0n) is 11.6. The minimum atomic E-state index is 0.412. The molecule has 2 aromatic rings. The van der Waals surface area contributed by atoms with E-state index >= 15 is 0 Å². The van der Waals surface area contributed by atoms with Crippen LogP contribution < -0.4 is 9.47 Å². The molecule has 4 nitrogen and oxygen atoms in total. The molecule has 0 spiro atoms. The Balaban J connectivity index is 1.90. The molecular formula is C16H17NO3. The van der Waals surface area contributed by atoms with Crippen LogP contribution in [0.1, 0.15) is 11.1 Å². The summed E-state index contributed by atoms with van der Waals surface area (Å²) in [4.78, 5) is 5.27. The highest BCUT2D eigenvalue weighted by Crippen LogP contribution is 2.15. The van der Waals surface area contributed by atoms with Crippen molar-refractivity contribution in [2.24, 2.45) is 5.16 Å². The molecule has 0 amide bonds. The molecule has 2 rings (SSSR count). The second kappa shape index (κ2) is 7.19. The van der Waals surface area contributed by atoms with Gasteiger partial charge in [-0.3, -0.25) is 0 Å². The largest absolute Gasteiger partial charge is 0.497 e. The molecule has 2 aromatic carbocycles. The quantitative estimate of drug-likeness (QED) is 0.598. The molecule has 0 aliphatic rings. The first-order valence-corrected chi connectivity index (χ1v) is 6.25. The third-order valence-corrected chi connectivity index (χ3v) is 2.80. The zero-order chi connectivity index (χ0) is 14.2. The zero-order valence-corrected chi connectivity index (χ0v) is 11.6. The third-order valence-electron chi connectivity index (χ3n) is 2.80. The van der Waals surface area contributed by atoms with Gasteiger partial charge in [0.25, 0.3) is 0 Å². The van der Waals surface area contributed by atoms with Crippen LogP contribution in [-0.2, 0) is 11.4 Å². The van der Waals surface area contributed by atoms with Gasteiger partial charge in [0.05, 0.1) is 20.4 Å². The first-order valence-electron chi connectivity index (χ1n) is 6.25. The van der Waals surface area contributed by atoms with Crippen LogP contribution in [0.3, 0.4) is 0 Å². The van der Waals surface area contributed by atoms with Crippen LogP contribution in [0.5, 0.6) is 11.5 Å². The fourth-order valence-electron chi connectivity index (χ4n) is 1.70. The normalized spacial score (nSPS) is 10.5. The van der Waals surface area contributed by atoms with E-state index in [2.05, 4.69) is 5.16 Å². The van der Waals surface area contributed by atoms with E-state index < -0.39 is 0 Å². The number of rotatable bonds is 6. The molecule has 0 unspecified atom stereocenters. The smallest absolute Gasteiger partial charge is 0.142 e. The molecule has 0 fully saturated rings. The molecule has 0 saturated carbocycles. The highest BCUT2D eigenvalue weighted by molar-refractivity contribution is 5.82. The standard InChI is InChI=1S/C16H17NO3/c1-18-15-9-7-13(8-10-15)12-20-17-11-14-5-3-4-6-16(14)19-2/h3-11H,12H2,1-2H3. The van der Waals surface area contributed by atoms with Gasteiger partial charge in [0.1, 0.15) is 18.1 Å². The first kappa shape index (κ1) is 13.9. The summed E-state index contributed by atoms with van der Waals surface area (Å²) in [5, 5.41) is 3.95. The Kier molecular flexibility index (Phi) is 5.00. The van der Waals surface area contributed by atoms with Crippen molar-refractivity contribution in [3.05, 3.63) is 59.7 Å². The van der Waals surface area contributed by atoms with Gasteiger partial charge in [0.2, 0.25) is 0 Å². The summed E-state index contributed by atoms with van der Waals surface area (Å²) in [7, 11) is 3.27. The topological polar surface area (TPSA) is 40.0 Å². The van der Waals surface area contributed by atoms with Crippen molar-refractivity contribution in [2.75, 3.05) is 14.2 Å². The highest BCUT2D eigenvalue weighted by Gasteiger charge is 1.98. The summed E-state index contributed by atoms with van der Waals surface area (Å²) < 4.78 is 10.3. The lowest BCUT2D eigenvalue weighted by Gasteiger charge is -2.04. The number of hydrogen-bond acceptors (Lipinski definition) is 4. The summed E-state index contributed by atoms with van der Waals surface area (Å²) in [6.07, 6.45) is 1.64. The number of ether oxygens (including phenoxy) is 2. The molecule has 0 bridgehead atoms. The number of benzene rings is 2. The summed E-state index contributed by atoms with van der Waals surface area (Å²) in [5.74, 6) is 1.59. The van der Waals surface area contributed by atoms with Crippen LogP contribution in [-0.4, -0.2) is 20.4 Å². The van der Waals surface area contributed by atoms with Crippen molar-refractivity contribution in [3.63, 3.8) is 0 Å². The van der Waals surface area contributed by atoms with Crippen molar-refractivity contribution >= 4 is 6.21 Å². The Morgan fingerprint density at radius 3 is 2.40 bits per heavy atom. The molecule has 104 valence electrons. The monoisotopic (exact) mass is 271 g/mol. The van der Waals surface area contributed by atoms with Gasteiger partial charge < -0.3 is 14.3 Å². The van der Waals surface area contributed by atoms with Crippen LogP contribution in [0.25, 0.3) is 0 Å². The minimum absolute atomic E-state index is 0.412. The van der Waals surface area contributed by atoms with Crippen LogP contribution in [0.15, 0.2) is 53.7 Å². The fraction of sp³-hybridized carbons (Fsp3) is 0.188. The second-order valence-corrected chi connectivity index (χ2v) is 4.10. The summed E-state index contributed by atoms with van der Waals surface area (Å²) in [6, 6.07) is 15.3. The predicted molar refractivity (Wildman–Crippen MR) is 78.4 cm³/mol. The Morgan fingerprint density at radius 2 is 1.70 bits per heavy atom. The van der Waals surface area contributed by atoms with Gasteiger partial charge in [0.15, 0.2) is 0 Å². The van der Waals surface area contributed by atoms with E-state index in [0.717, 1.165) is 22.6 Å². The van der Waals surface area contributed by atoms with Gasteiger partial charge in [-0.25, -0.2) is 0 Å². The molecule has 0 aliphatic carbocycles. The van der Waals surface area contributed by atoms with Gasteiger partial charge in [0, 0.05) is 5.56 Å². The molecule has 4 heteroatoms. The van der Waals surface area contributed by atoms with E-state index in [-0.39, 0.29) is 0 Å². The lowest BCUT2D eigenvalue weighted by atomic mass is 10.2. The van der Waals surface area contributed by atoms with Crippen molar-refractivity contribution in [2.45, 2.75) is 6.61 Å². The third kappa shape index (κ3) is 3.75. The van der Waals surface area contributed by atoms with Crippen LogP contribution in [0.2, 0.25) is 0 Å². The Bertz CT molecular complexity index is 564. The molecule has 0 radical (unpaired) electrons. The molecule has 0 aliphatic heterocycles. The summed E-state index contributed by atoms with van der Waals surface area (Å²) in [5.41, 5.74) is 1.91. The Morgan fingerprint density at radius 1 is 0.950 bits per heavy atom. The van der Waals surface area contributed by atoms with Gasteiger partial charge in [-0.05, 0) is 29.8 Å². The average molecular weight is 271 g/mol. The van der Waals surface area contributed by atoms with E-state index in [1.54, 1.807) is 20.4 Å². The lowest BCUT2D eigenvalue weighted by Crippen LogP contribution is -1.92. The number of nitrogens with zero attached hydrogens (tertiary/aromatic N) is 1. The molecular weight excluding hydrogens is 254 g/mol. The van der Waals surface area contributed by atoms with Crippen LogP contribution >= 0.6 is 0 Å². The van der Waals surface area contributed by atoms with E-state index in [1.807, 2.05) is 48.5 Å². The van der Waals surface area contributed by atoms with E-state index in [1.165, 1.54) is 0 Å². The maximum atomic E-state index is 5.27. The van der Waals surface area contributed by atoms with E-state index in [0.29, 0.717) is 6.61 Å². The molecule has 0 saturated heterocycles. The van der Waals surface area contributed by atoms with Gasteiger partial charge in [-0.15, -0.1) is 0 Å². The molecule has 0 aromatic heterocycles. The van der Waals surface area contributed by atoms with Crippen LogP contribution in [0.4, 0.5) is 0 Å². The maximum absolute atomic E-state index is 5.27. The second-order valence-electron chi connectivity index (χ2n) is 4.10. The number of hydrogen-bond donors (Lipinski definition) is 0. The van der Waals surface area contributed by atoms with Crippen LogP contribution in [0, 0.1) is 0 Å². The maximum Gasteiger partial charge on any atom is 0.142 e. The lowest BCUT2D eigenvalue weighted by molar-refractivity contribution is 0.132. The number of methoxy groups -OCH3 is 2. The van der Waals surface area contributed by atoms with Gasteiger partial charge in [-0.2, -0.15) is 0 Å². The van der Waals surface area contributed by atoms with Gasteiger partial charge >= 0.3 is 0 Å². The number of oxime groups is 1. The first-order chi connectivity index (χ1) is 9.83. The van der Waals surface area contributed by atoms with Crippen molar-refractivity contribution in [3.8, 4) is 11.5 Å². The highest BCUT2D eigenvalue weighted by atomic mass is 16.6. The van der Waals surface area contributed by atoms with E-state index in [9.17, 15) is 0 Å². The molecule has 0 atom stereocenters. The van der Waals surface area contributed by atoms with Crippen molar-refractivity contribution in [1.82, 2.24) is 0 Å². The Labute approximate surface area is 118 Å². The fourth-order valence-corrected chi connectivity index (χ4v) is 1.70. The minimum Gasteiger partial charge on any atom is -0.497 e. The average Bonchev–Trinajstić information content (AvgIpc) is 2.52. The van der Waals surface area contributed by atoms with E-state index in [4.69, 9.17) is 14.3 Å². The summed E-state index contributed by atoms with van der Waals surface area (Å²) in [6.45, 7) is 0.412. The predicted octanol–water partition coefficient (Wildman–Crippen LogP) is 3.25. The molecule has 0 N–H and O–H groups in total. The SMILES string of the molecule is COc1ccc(CON=Cc2ccccc2OC)cc1. The van der Waals surface area contributed by atoms with Crippen molar-refractivity contribution < 1.29 is 14.3 Å². The summed E-state index contributed by atoms with van der Waals surface area (Å²) >= 11 is 0.